The number of nitrogen functional groups attached to an aromatic ring is 1. The Kier molecular flexibility index (Phi) is 4.38. The molecule has 1 aromatic carbocycles. The van der Waals surface area contributed by atoms with Crippen LogP contribution in [0.5, 0.6) is 0 Å². The van der Waals surface area contributed by atoms with Gasteiger partial charge in [-0.1, -0.05) is 22.0 Å². The number of benzene rings is 1. The Hall–Kier alpha value is -1.80. The van der Waals surface area contributed by atoms with Crippen LogP contribution in [-0.4, -0.2) is 4.98 Å². The highest BCUT2D eigenvalue weighted by Crippen LogP contribution is 2.33. The van der Waals surface area contributed by atoms with Crippen LogP contribution in [0.3, 0.4) is 0 Å². The molecule has 112 valence electrons. The fourth-order valence-electron chi connectivity index (χ4n) is 1.70. The SMILES string of the molecule is Cc1ccc(Br)cc1Nc1cc(C(F)(F)F)cc(NN)n1. The zero-order chi connectivity index (χ0) is 15.6. The number of nitrogens with one attached hydrogen (secondary N) is 2. The molecule has 8 heteroatoms. The zero-order valence-electron chi connectivity index (χ0n) is 10.9. The largest absolute Gasteiger partial charge is 0.416 e. The molecule has 0 aliphatic heterocycles. The number of pyridine rings is 1. The standard InChI is InChI=1S/C13H12BrF3N4/c1-7-2-3-9(14)6-10(7)19-11-4-8(13(15,16)17)5-12(20-11)21-18/h2-6H,18H2,1H3,(H2,19,20,21). The summed E-state index contributed by atoms with van der Waals surface area (Å²) in [6.45, 7) is 1.84. The number of aromatic nitrogens is 1. The van der Waals surface area contributed by atoms with Crippen LogP contribution in [0.25, 0.3) is 0 Å². The van der Waals surface area contributed by atoms with Crippen LogP contribution in [-0.2, 0) is 6.18 Å². The first-order valence-electron chi connectivity index (χ1n) is 5.88. The summed E-state index contributed by atoms with van der Waals surface area (Å²) in [5, 5.41) is 2.86. The fourth-order valence-corrected chi connectivity index (χ4v) is 2.06. The van der Waals surface area contributed by atoms with E-state index in [0.29, 0.717) is 5.69 Å². The molecule has 0 aliphatic carbocycles. The van der Waals surface area contributed by atoms with Crippen molar-refractivity contribution in [3.8, 4) is 0 Å². The second kappa shape index (κ2) is 5.90. The van der Waals surface area contributed by atoms with E-state index in [1.54, 1.807) is 6.07 Å². The summed E-state index contributed by atoms with van der Waals surface area (Å²) in [7, 11) is 0. The third kappa shape index (κ3) is 3.85. The van der Waals surface area contributed by atoms with E-state index in [2.05, 4.69) is 31.7 Å². The summed E-state index contributed by atoms with van der Waals surface area (Å²) in [5.74, 6) is 5.15. The second-order valence-electron chi connectivity index (χ2n) is 4.35. The van der Waals surface area contributed by atoms with Crippen molar-refractivity contribution >= 4 is 33.3 Å². The Morgan fingerprint density at radius 1 is 1.14 bits per heavy atom. The van der Waals surface area contributed by atoms with Crippen LogP contribution in [0, 0.1) is 6.92 Å². The summed E-state index contributed by atoms with van der Waals surface area (Å²) in [5.41, 5.74) is 2.83. The smallest absolute Gasteiger partial charge is 0.340 e. The van der Waals surface area contributed by atoms with Gasteiger partial charge in [-0.25, -0.2) is 10.8 Å². The van der Waals surface area contributed by atoms with Gasteiger partial charge >= 0.3 is 6.18 Å². The third-order valence-electron chi connectivity index (χ3n) is 2.76. The molecular weight excluding hydrogens is 349 g/mol. The van der Waals surface area contributed by atoms with Crippen molar-refractivity contribution in [1.29, 1.82) is 0 Å². The molecule has 0 spiro atoms. The topological polar surface area (TPSA) is 63.0 Å². The van der Waals surface area contributed by atoms with E-state index in [9.17, 15) is 13.2 Å². The summed E-state index contributed by atoms with van der Waals surface area (Å²) in [6.07, 6.45) is -4.47. The molecule has 21 heavy (non-hydrogen) atoms. The zero-order valence-corrected chi connectivity index (χ0v) is 12.5. The quantitative estimate of drug-likeness (QED) is 0.566. The van der Waals surface area contributed by atoms with Gasteiger partial charge in [-0.15, -0.1) is 0 Å². The predicted molar refractivity (Wildman–Crippen MR) is 79.2 cm³/mol. The normalized spacial score (nSPS) is 11.3. The number of nitrogens with two attached hydrogens (primary N) is 1. The van der Waals surface area contributed by atoms with Crippen molar-refractivity contribution in [1.82, 2.24) is 4.98 Å². The summed E-state index contributed by atoms with van der Waals surface area (Å²) in [4.78, 5) is 3.97. The highest BCUT2D eigenvalue weighted by molar-refractivity contribution is 9.10. The van der Waals surface area contributed by atoms with E-state index >= 15 is 0 Å². The molecule has 0 aliphatic rings. The van der Waals surface area contributed by atoms with E-state index in [1.165, 1.54) is 0 Å². The van der Waals surface area contributed by atoms with E-state index in [-0.39, 0.29) is 11.6 Å². The fraction of sp³-hybridized carbons (Fsp3) is 0.154. The molecule has 0 unspecified atom stereocenters. The molecule has 1 heterocycles. The predicted octanol–water partition coefficient (Wildman–Crippen LogP) is 4.20. The lowest BCUT2D eigenvalue weighted by atomic mass is 10.2. The van der Waals surface area contributed by atoms with E-state index in [0.717, 1.165) is 22.2 Å². The molecule has 0 fully saturated rings. The Labute approximate surface area is 127 Å². The van der Waals surface area contributed by atoms with Gasteiger partial charge in [0.2, 0.25) is 0 Å². The van der Waals surface area contributed by atoms with Crippen molar-refractivity contribution in [3.05, 3.63) is 45.9 Å². The van der Waals surface area contributed by atoms with Crippen LogP contribution in [0.1, 0.15) is 11.1 Å². The van der Waals surface area contributed by atoms with Crippen molar-refractivity contribution in [2.24, 2.45) is 5.84 Å². The van der Waals surface area contributed by atoms with Crippen LogP contribution in [0.2, 0.25) is 0 Å². The number of halogens is 4. The van der Waals surface area contributed by atoms with Gasteiger partial charge in [0.05, 0.1) is 5.56 Å². The van der Waals surface area contributed by atoms with Gasteiger partial charge in [0.25, 0.3) is 0 Å². The second-order valence-corrected chi connectivity index (χ2v) is 5.27. The maximum atomic E-state index is 12.8. The molecular formula is C13H12BrF3N4. The summed E-state index contributed by atoms with van der Waals surface area (Å²) in [6, 6.07) is 7.21. The number of hydrogen-bond acceptors (Lipinski definition) is 4. The van der Waals surface area contributed by atoms with Gasteiger partial charge in [-0.3, -0.25) is 0 Å². The van der Waals surface area contributed by atoms with E-state index in [4.69, 9.17) is 5.84 Å². The minimum absolute atomic E-state index is 0.0546. The number of aryl methyl sites for hydroxylation is 1. The molecule has 2 rings (SSSR count). The number of hydrogen-bond donors (Lipinski definition) is 3. The lowest BCUT2D eigenvalue weighted by Crippen LogP contribution is -2.13. The van der Waals surface area contributed by atoms with Gasteiger partial charge in [0.15, 0.2) is 0 Å². The minimum atomic E-state index is -4.47. The Bertz CT molecular complexity index is 658. The van der Waals surface area contributed by atoms with Crippen molar-refractivity contribution in [2.45, 2.75) is 13.1 Å². The molecule has 0 radical (unpaired) electrons. The van der Waals surface area contributed by atoms with Gasteiger partial charge in [-0.05, 0) is 36.8 Å². The Morgan fingerprint density at radius 2 is 1.81 bits per heavy atom. The monoisotopic (exact) mass is 360 g/mol. The highest BCUT2D eigenvalue weighted by Gasteiger charge is 2.31. The van der Waals surface area contributed by atoms with Crippen molar-refractivity contribution < 1.29 is 13.2 Å². The van der Waals surface area contributed by atoms with Crippen LogP contribution >= 0.6 is 15.9 Å². The number of rotatable bonds is 3. The molecule has 0 atom stereocenters. The maximum absolute atomic E-state index is 12.8. The highest BCUT2D eigenvalue weighted by atomic mass is 79.9. The van der Waals surface area contributed by atoms with Crippen LogP contribution in [0.15, 0.2) is 34.8 Å². The van der Waals surface area contributed by atoms with E-state index < -0.39 is 11.7 Å². The first-order chi connectivity index (χ1) is 9.79. The number of hydrazine groups is 1. The average molecular weight is 361 g/mol. The van der Waals surface area contributed by atoms with Gasteiger partial charge in [0, 0.05) is 10.2 Å². The molecule has 4 N–H and O–H groups in total. The molecule has 0 saturated heterocycles. The van der Waals surface area contributed by atoms with Gasteiger partial charge in [0.1, 0.15) is 11.6 Å². The van der Waals surface area contributed by atoms with Crippen molar-refractivity contribution in [2.75, 3.05) is 10.7 Å². The maximum Gasteiger partial charge on any atom is 0.416 e. The Morgan fingerprint density at radius 3 is 2.43 bits per heavy atom. The van der Waals surface area contributed by atoms with Crippen molar-refractivity contribution in [3.63, 3.8) is 0 Å². The first-order valence-corrected chi connectivity index (χ1v) is 6.68. The van der Waals surface area contributed by atoms with Crippen LogP contribution in [0.4, 0.5) is 30.5 Å². The molecule has 4 nitrogen and oxygen atoms in total. The van der Waals surface area contributed by atoms with Gasteiger partial charge in [-0.2, -0.15) is 13.2 Å². The number of nitrogens with zero attached hydrogens (tertiary/aromatic N) is 1. The molecule has 2 aromatic rings. The Balaban J connectivity index is 2.42. The molecule has 0 amide bonds. The number of alkyl halides is 3. The third-order valence-corrected chi connectivity index (χ3v) is 3.26. The van der Waals surface area contributed by atoms with E-state index in [1.807, 2.05) is 19.1 Å². The summed E-state index contributed by atoms with van der Waals surface area (Å²) < 4.78 is 39.3. The molecule has 1 aromatic heterocycles. The summed E-state index contributed by atoms with van der Waals surface area (Å²) >= 11 is 3.31. The number of anilines is 3. The average Bonchev–Trinajstić information content (AvgIpc) is 2.41. The van der Waals surface area contributed by atoms with Crippen LogP contribution < -0.4 is 16.6 Å². The minimum Gasteiger partial charge on any atom is -0.340 e. The molecule has 0 saturated carbocycles. The lowest BCUT2D eigenvalue weighted by Gasteiger charge is -2.14. The first kappa shape index (κ1) is 15.6. The lowest BCUT2D eigenvalue weighted by molar-refractivity contribution is -0.137. The van der Waals surface area contributed by atoms with Gasteiger partial charge < -0.3 is 10.7 Å². The molecule has 0 bridgehead atoms.